The average Bonchev–Trinajstić information content (AvgIpc) is 2.87. The van der Waals surface area contributed by atoms with Gasteiger partial charge in [-0.15, -0.1) is 16.8 Å². The van der Waals surface area contributed by atoms with Crippen LogP contribution in [0.1, 0.15) is 6.92 Å². The van der Waals surface area contributed by atoms with Crippen molar-refractivity contribution in [3.05, 3.63) is 18.9 Å². The van der Waals surface area contributed by atoms with Gasteiger partial charge in [0.25, 0.3) is 5.89 Å². The Bertz CT molecular complexity index is 488. The minimum atomic E-state index is 0.0650. The average molecular weight is 220 g/mol. The van der Waals surface area contributed by atoms with E-state index in [4.69, 9.17) is 4.42 Å². The lowest BCUT2D eigenvalue weighted by Gasteiger charge is -2.03. The lowest BCUT2D eigenvalue weighted by molar-refractivity contribution is 0.575. The van der Waals surface area contributed by atoms with Crippen LogP contribution in [0.25, 0.3) is 11.6 Å². The van der Waals surface area contributed by atoms with E-state index in [1.165, 1.54) is 0 Å². The van der Waals surface area contributed by atoms with E-state index < -0.39 is 0 Å². The molecule has 0 radical (unpaired) electrons. The number of nitrogens with one attached hydrogen (secondary N) is 1. The molecule has 0 saturated carbocycles. The number of nitrogens with zero attached hydrogens (tertiary/aromatic N) is 5. The zero-order valence-electron chi connectivity index (χ0n) is 9.08. The zero-order chi connectivity index (χ0) is 11.5. The molecular weight excluding hydrogens is 208 g/mol. The van der Waals surface area contributed by atoms with Crippen LogP contribution in [0.3, 0.4) is 0 Å². The first-order chi connectivity index (χ1) is 7.69. The lowest BCUT2D eigenvalue weighted by atomic mass is 10.3. The van der Waals surface area contributed by atoms with E-state index in [2.05, 4.69) is 32.4 Å². The molecule has 2 heterocycles. The summed E-state index contributed by atoms with van der Waals surface area (Å²) < 4.78 is 6.93. The fraction of sp³-hybridized carbons (Fsp3) is 0.333. The van der Waals surface area contributed by atoms with E-state index in [-0.39, 0.29) is 6.04 Å². The first-order valence-electron chi connectivity index (χ1n) is 4.78. The van der Waals surface area contributed by atoms with Gasteiger partial charge in [-0.1, -0.05) is 16.4 Å². The molecule has 0 aliphatic heterocycles. The molecule has 2 rings (SSSR count). The fourth-order valence-corrected chi connectivity index (χ4v) is 1.08. The van der Waals surface area contributed by atoms with E-state index in [9.17, 15) is 0 Å². The van der Waals surface area contributed by atoms with Crippen molar-refractivity contribution in [1.82, 2.24) is 25.2 Å². The van der Waals surface area contributed by atoms with Crippen LogP contribution in [0.2, 0.25) is 0 Å². The number of hydrogen-bond acceptors (Lipinski definition) is 6. The van der Waals surface area contributed by atoms with Crippen molar-refractivity contribution in [3.63, 3.8) is 0 Å². The van der Waals surface area contributed by atoms with Gasteiger partial charge in [0.15, 0.2) is 5.69 Å². The molecule has 0 fully saturated rings. The van der Waals surface area contributed by atoms with Crippen molar-refractivity contribution in [2.45, 2.75) is 13.0 Å². The van der Waals surface area contributed by atoms with Gasteiger partial charge < -0.3 is 9.73 Å². The topological polar surface area (TPSA) is 81.7 Å². The smallest absolute Gasteiger partial charge is 0.316 e. The van der Waals surface area contributed by atoms with Crippen molar-refractivity contribution in [3.8, 4) is 11.6 Å². The number of anilines is 1. The summed E-state index contributed by atoms with van der Waals surface area (Å²) in [5.74, 6) is 0.340. The third-order valence-corrected chi connectivity index (χ3v) is 1.95. The molecule has 0 aliphatic carbocycles. The molecule has 0 spiro atoms. The number of aromatic nitrogens is 5. The van der Waals surface area contributed by atoms with Crippen molar-refractivity contribution in [2.24, 2.45) is 7.05 Å². The minimum Gasteiger partial charge on any atom is -0.402 e. The second-order valence-corrected chi connectivity index (χ2v) is 3.36. The van der Waals surface area contributed by atoms with Gasteiger partial charge in [-0.25, -0.2) is 0 Å². The molecule has 0 saturated heterocycles. The summed E-state index contributed by atoms with van der Waals surface area (Å²) in [6.07, 6.45) is 3.44. The Labute approximate surface area is 92.2 Å². The van der Waals surface area contributed by atoms with E-state index in [1.807, 2.05) is 6.92 Å². The summed E-state index contributed by atoms with van der Waals surface area (Å²) in [7, 11) is 1.77. The highest BCUT2D eigenvalue weighted by Gasteiger charge is 2.12. The molecular formula is C9H12N6O. The van der Waals surface area contributed by atoms with Crippen LogP contribution in [0, 0.1) is 0 Å². The van der Waals surface area contributed by atoms with Gasteiger partial charge in [0.05, 0.1) is 6.20 Å². The Morgan fingerprint density at radius 1 is 1.50 bits per heavy atom. The molecule has 0 bridgehead atoms. The predicted octanol–water partition coefficient (Wildman–Crippen LogP) is 0.851. The molecule has 0 amide bonds. The van der Waals surface area contributed by atoms with E-state index in [0.717, 1.165) is 0 Å². The van der Waals surface area contributed by atoms with Gasteiger partial charge in [-0.3, -0.25) is 4.68 Å². The maximum absolute atomic E-state index is 5.36. The first kappa shape index (κ1) is 10.3. The van der Waals surface area contributed by atoms with Crippen molar-refractivity contribution in [2.75, 3.05) is 5.32 Å². The van der Waals surface area contributed by atoms with Gasteiger partial charge in [-0.2, -0.15) is 0 Å². The maximum Gasteiger partial charge on any atom is 0.316 e. The molecule has 0 aliphatic rings. The second-order valence-electron chi connectivity index (χ2n) is 3.36. The summed E-state index contributed by atoms with van der Waals surface area (Å²) >= 11 is 0. The van der Waals surface area contributed by atoms with Gasteiger partial charge in [0.2, 0.25) is 0 Å². The van der Waals surface area contributed by atoms with Crippen molar-refractivity contribution < 1.29 is 4.42 Å². The largest absolute Gasteiger partial charge is 0.402 e. The molecule has 2 aromatic heterocycles. The molecule has 7 nitrogen and oxygen atoms in total. The van der Waals surface area contributed by atoms with Crippen molar-refractivity contribution >= 4 is 6.01 Å². The minimum absolute atomic E-state index is 0.0650. The SMILES string of the molecule is C=CC(C)Nc1nnc(-c2cn(C)nn2)o1. The molecule has 2 aromatic rings. The van der Waals surface area contributed by atoms with Crippen LogP contribution in [0.5, 0.6) is 0 Å². The van der Waals surface area contributed by atoms with Crippen LogP contribution < -0.4 is 5.32 Å². The molecule has 84 valence electrons. The fourth-order valence-electron chi connectivity index (χ4n) is 1.08. The summed E-state index contributed by atoms with van der Waals surface area (Å²) in [4.78, 5) is 0. The van der Waals surface area contributed by atoms with Crippen LogP contribution in [-0.2, 0) is 7.05 Å². The standard InChI is InChI=1S/C9H12N6O/c1-4-6(2)10-9-13-12-8(16-9)7-5-15(3)14-11-7/h4-6H,1H2,2-3H3,(H,10,13). The molecule has 1 unspecified atom stereocenters. The normalized spacial score (nSPS) is 12.4. The summed E-state index contributed by atoms with van der Waals surface area (Å²) in [6, 6.07) is 0.406. The van der Waals surface area contributed by atoms with Gasteiger partial charge in [0, 0.05) is 13.1 Å². The first-order valence-corrected chi connectivity index (χ1v) is 4.78. The number of hydrogen-bond donors (Lipinski definition) is 1. The second kappa shape index (κ2) is 4.13. The Morgan fingerprint density at radius 3 is 2.94 bits per heavy atom. The van der Waals surface area contributed by atoms with Crippen LogP contribution in [0.15, 0.2) is 23.3 Å². The Kier molecular flexibility index (Phi) is 2.67. The highest BCUT2D eigenvalue weighted by atomic mass is 16.4. The highest BCUT2D eigenvalue weighted by Crippen LogP contribution is 2.16. The molecule has 0 aromatic carbocycles. The Hall–Kier alpha value is -2.18. The molecule has 16 heavy (non-hydrogen) atoms. The van der Waals surface area contributed by atoms with Gasteiger partial charge in [0.1, 0.15) is 0 Å². The Morgan fingerprint density at radius 2 is 2.31 bits per heavy atom. The molecule has 1 N–H and O–H groups in total. The van der Waals surface area contributed by atoms with Gasteiger partial charge in [-0.05, 0) is 6.92 Å². The van der Waals surface area contributed by atoms with E-state index >= 15 is 0 Å². The highest BCUT2D eigenvalue weighted by molar-refractivity contribution is 5.44. The number of rotatable bonds is 4. The third-order valence-electron chi connectivity index (χ3n) is 1.95. The maximum atomic E-state index is 5.36. The molecule has 1 atom stereocenters. The Balaban J connectivity index is 2.16. The molecule has 7 heteroatoms. The summed E-state index contributed by atoms with van der Waals surface area (Å²) in [6.45, 7) is 5.58. The van der Waals surface area contributed by atoms with Crippen LogP contribution in [-0.4, -0.2) is 31.2 Å². The number of aryl methyl sites for hydroxylation is 1. The van der Waals surface area contributed by atoms with Crippen LogP contribution >= 0.6 is 0 Å². The van der Waals surface area contributed by atoms with Crippen LogP contribution in [0.4, 0.5) is 6.01 Å². The van der Waals surface area contributed by atoms with Crippen molar-refractivity contribution in [1.29, 1.82) is 0 Å². The predicted molar refractivity (Wildman–Crippen MR) is 57.6 cm³/mol. The van der Waals surface area contributed by atoms with E-state index in [1.54, 1.807) is 24.0 Å². The van der Waals surface area contributed by atoms with Gasteiger partial charge >= 0.3 is 6.01 Å². The zero-order valence-corrected chi connectivity index (χ0v) is 9.08. The quantitative estimate of drug-likeness (QED) is 0.769. The van der Waals surface area contributed by atoms with E-state index in [0.29, 0.717) is 17.6 Å². The third kappa shape index (κ3) is 2.08. The lowest BCUT2D eigenvalue weighted by Crippen LogP contribution is -2.11. The summed E-state index contributed by atoms with van der Waals surface area (Å²) in [5.41, 5.74) is 0.550. The summed E-state index contributed by atoms with van der Waals surface area (Å²) in [5, 5.41) is 18.3. The monoisotopic (exact) mass is 220 g/mol.